The van der Waals surface area contributed by atoms with Crippen LogP contribution in [0.25, 0.3) is 0 Å². The number of carbonyl (C=O) groups excluding carboxylic acids is 2. The summed E-state index contributed by atoms with van der Waals surface area (Å²) in [7, 11) is 1.53. The number of methoxy groups -OCH3 is 1. The quantitative estimate of drug-likeness (QED) is 0.585. The maximum Gasteiger partial charge on any atom is 0.346 e. The minimum Gasteiger partial charge on any atom is -0.493 e. The highest BCUT2D eigenvalue weighted by Gasteiger charge is 2.47. The Kier molecular flexibility index (Phi) is 5.31. The zero-order valence-corrected chi connectivity index (χ0v) is 16.9. The van der Waals surface area contributed by atoms with Crippen molar-refractivity contribution in [3.63, 3.8) is 0 Å². The highest BCUT2D eigenvalue weighted by molar-refractivity contribution is 6.07. The average Bonchev–Trinajstić information content (AvgIpc) is 2.99. The summed E-state index contributed by atoms with van der Waals surface area (Å²) in [6, 6.07) is 12.7. The topological polar surface area (TPSA) is 89.5 Å². The maximum absolute atomic E-state index is 12.9. The first kappa shape index (κ1) is 19.8. The van der Waals surface area contributed by atoms with Crippen molar-refractivity contribution in [2.45, 2.75) is 25.3 Å². The van der Waals surface area contributed by atoms with Crippen LogP contribution < -0.4 is 19.5 Å². The Morgan fingerprint density at radius 2 is 1.97 bits per heavy atom. The molecule has 0 radical (unpaired) electrons. The predicted octanol–water partition coefficient (Wildman–Crippen LogP) is 2.74. The Morgan fingerprint density at radius 3 is 2.73 bits per heavy atom. The summed E-state index contributed by atoms with van der Waals surface area (Å²) < 4.78 is 16.5. The number of nitrogens with one attached hydrogen (secondary N) is 1. The van der Waals surface area contributed by atoms with Gasteiger partial charge >= 0.3 is 6.03 Å². The van der Waals surface area contributed by atoms with Crippen molar-refractivity contribution in [1.82, 2.24) is 10.3 Å². The molecule has 3 amide bonds. The molecule has 0 bridgehead atoms. The number of benzene rings is 2. The second-order valence-corrected chi connectivity index (χ2v) is 7.36. The summed E-state index contributed by atoms with van der Waals surface area (Å²) in [5.74, 6) is 1.18. The second-order valence-electron chi connectivity index (χ2n) is 7.36. The molecule has 1 fully saturated rings. The lowest BCUT2D eigenvalue weighted by atomic mass is 9.93. The van der Waals surface area contributed by atoms with Crippen molar-refractivity contribution in [2.24, 2.45) is 5.10 Å². The van der Waals surface area contributed by atoms with Crippen LogP contribution in [0.15, 0.2) is 47.6 Å². The molecule has 1 saturated heterocycles. The molecule has 2 aliphatic heterocycles. The third kappa shape index (κ3) is 3.80. The Labute approximate surface area is 174 Å². The molecule has 4 rings (SSSR count). The van der Waals surface area contributed by atoms with Crippen LogP contribution in [0, 0.1) is 0 Å². The van der Waals surface area contributed by atoms with E-state index in [1.165, 1.54) is 13.3 Å². The summed E-state index contributed by atoms with van der Waals surface area (Å²) in [5, 5.41) is 7.76. The van der Waals surface area contributed by atoms with E-state index in [9.17, 15) is 9.59 Å². The zero-order chi connectivity index (χ0) is 21.1. The number of amides is 3. The molecule has 2 aliphatic rings. The van der Waals surface area contributed by atoms with E-state index in [-0.39, 0.29) is 5.91 Å². The first-order chi connectivity index (χ1) is 14.5. The fourth-order valence-electron chi connectivity index (χ4n) is 3.47. The third-order valence-corrected chi connectivity index (χ3v) is 5.17. The largest absolute Gasteiger partial charge is 0.493 e. The minimum absolute atomic E-state index is 0.385. The number of hydrogen-bond acceptors (Lipinski definition) is 6. The number of urea groups is 1. The van der Waals surface area contributed by atoms with Gasteiger partial charge in [0.1, 0.15) is 18.8 Å². The van der Waals surface area contributed by atoms with Crippen LogP contribution in [-0.4, -0.2) is 49.0 Å². The van der Waals surface area contributed by atoms with Gasteiger partial charge in [-0.15, -0.1) is 5.01 Å². The Bertz CT molecular complexity index is 975. The van der Waals surface area contributed by atoms with Crippen LogP contribution in [-0.2, 0) is 11.2 Å². The summed E-state index contributed by atoms with van der Waals surface area (Å²) >= 11 is 0. The molecule has 8 nitrogen and oxygen atoms in total. The average molecular weight is 409 g/mol. The first-order valence-corrected chi connectivity index (χ1v) is 9.72. The molecule has 2 aromatic rings. The van der Waals surface area contributed by atoms with Crippen LogP contribution in [0.3, 0.4) is 0 Å². The molecule has 2 heterocycles. The van der Waals surface area contributed by atoms with E-state index in [2.05, 4.69) is 10.4 Å². The lowest BCUT2D eigenvalue weighted by Crippen LogP contribution is -2.44. The molecule has 30 heavy (non-hydrogen) atoms. The Hall–Kier alpha value is -3.55. The van der Waals surface area contributed by atoms with Crippen molar-refractivity contribution in [2.75, 3.05) is 20.3 Å². The van der Waals surface area contributed by atoms with E-state index >= 15 is 0 Å². The normalized spacial score (nSPS) is 20.5. The van der Waals surface area contributed by atoms with Crippen molar-refractivity contribution in [3.8, 4) is 17.2 Å². The molecule has 0 aromatic heterocycles. The predicted molar refractivity (Wildman–Crippen MR) is 110 cm³/mol. The lowest BCUT2D eigenvalue weighted by Gasteiger charge is -2.21. The maximum atomic E-state index is 12.9. The van der Waals surface area contributed by atoms with Crippen molar-refractivity contribution >= 4 is 18.2 Å². The number of hydrogen-bond donors (Lipinski definition) is 1. The molecule has 2 aromatic carbocycles. The molecule has 156 valence electrons. The fourth-order valence-corrected chi connectivity index (χ4v) is 3.47. The van der Waals surface area contributed by atoms with Crippen LogP contribution in [0.5, 0.6) is 17.2 Å². The van der Waals surface area contributed by atoms with E-state index < -0.39 is 11.6 Å². The van der Waals surface area contributed by atoms with Gasteiger partial charge < -0.3 is 19.5 Å². The molecule has 0 aliphatic carbocycles. The summed E-state index contributed by atoms with van der Waals surface area (Å²) in [5.41, 5.74) is 0.718. The van der Waals surface area contributed by atoms with Gasteiger partial charge in [0.05, 0.1) is 13.3 Å². The second kappa shape index (κ2) is 8.06. The summed E-state index contributed by atoms with van der Waals surface area (Å²) in [6.07, 6.45) is 2.58. The molecule has 8 heteroatoms. The number of fused-ring (bicyclic) bond motifs is 1. The van der Waals surface area contributed by atoms with Gasteiger partial charge in [-0.1, -0.05) is 30.3 Å². The van der Waals surface area contributed by atoms with Crippen LogP contribution in [0.4, 0.5) is 4.79 Å². The number of hydrazone groups is 1. The van der Waals surface area contributed by atoms with Gasteiger partial charge in [-0.3, -0.25) is 4.79 Å². The van der Waals surface area contributed by atoms with Crippen molar-refractivity contribution in [1.29, 1.82) is 0 Å². The van der Waals surface area contributed by atoms with Gasteiger partial charge in [-0.05, 0) is 37.5 Å². The molecule has 0 saturated carbocycles. The minimum atomic E-state index is -1.01. The number of carbonyl (C=O) groups is 2. The van der Waals surface area contributed by atoms with Gasteiger partial charge in [-0.25, -0.2) is 4.79 Å². The number of rotatable bonds is 6. The van der Waals surface area contributed by atoms with Gasteiger partial charge in [0.25, 0.3) is 5.91 Å². The van der Waals surface area contributed by atoms with E-state index in [1.807, 2.05) is 30.3 Å². The van der Waals surface area contributed by atoms with Gasteiger partial charge in [0.15, 0.2) is 11.5 Å². The van der Waals surface area contributed by atoms with E-state index in [1.54, 1.807) is 19.1 Å². The third-order valence-electron chi connectivity index (χ3n) is 5.17. The van der Waals surface area contributed by atoms with Crippen LogP contribution >= 0.6 is 0 Å². The number of imide groups is 1. The highest BCUT2D eigenvalue weighted by atomic mass is 16.6. The van der Waals surface area contributed by atoms with Crippen molar-refractivity contribution < 1.29 is 23.8 Å². The zero-order valence-electron chi connectivity index (χ0n) is 16.9. The first-order valence-electron chi connectivity index (χ1n) is 9.72. The monoisotopic (exact) mass is 409 g/mol. The smallest absolute Gasteiger partial charge is 0.346 e. The van der Waals surface area contributed by atoms with Gasteiger partial charge in [-0.2, -0.15) is 5.10 Å². The van der Waals surface area contributed by atoms with Gasteiger partial charge in [0.2, 0.25) is 5.75 Å². The Morgan fingerprint density at radius 1 is 1.20 bits per heavy atom. The fraction of sp³-hybridized carbons (Fsp3) is 0.318. The number of aryl methyl sites for hydroxylation is 1. The Balaban J connectivity index is 1.50. The summed E-state index contributed by atoms with van der Waals surface area (Å²) in [6.45, 7) is 2.60. The molecule has 0 unspecified atom stereocenters. The van der Waals surface area contributed by atoms with Crippen molar-refractivity contribution in [3.05, 3.63) is 53.6 Å². The van der Waals surface area contributed by atoms with E-state index in [0.29, 0.717) is 48.9 Å². The highest BCUT2D eigenvalue weighted by Crippen LogP contribution is 2.40. The number of ether oxygens (including phenoxy) is 3. The summed E-state index contributed by atoms with van der Waals surface area (Å²) in [4.78, 5) is 25.3. The molecular formula is C22H23N3O5. The molecular weight excluding hydrogens is 386 g/mol. The van der Waals surface area contributed by atoms with Crippen LogP contribution in [0.1, 0.15) is 24.5 Å². The number of nitrogens with zero attached hydrogens (tertiary/aromatic N) is 2. The van der Waals surface area contributed by atoms with E-state index in [4.69, 9.17) is 14.2 Å². The SMILES string of the molecule is COc1cc(/C=N\N2C(=O)N[C@](C)(CCc3ccccc3)C2=O)cc2c1OCCO2. The van der Waals surface area contributed by atoms with Crippen LogP contribution in [0.2, 0.25) is 0 Å². The molecule has 1 atom stereocenters. The van der Waals surface area contributed by atoms with E-state index in [0.717, 1.165) is 10.6 Å². The standard InChI is InChI=1S/C22H23N3O5/c1-22(9-8-15-6-4-3-5-7-15)20(26)25(21(27)24-22)23-14-16-12-17(28-2)19-18(13-16)29-10-11-30-19/h3-7,12-14H,8-11H2,1-2H3,(H,24,27)/b23-14-/t22-/m1/s1. The molecule has 0 spiro atoms. The van der Waals surface area contributed by atoms with Gasteiger partial charge in [0, 0.05) is 5.56 Å². The molecule has 1 N–H and O–H groups in total. The lowest BCUT2D eigenvalue weighted by molar-refractivity contribution is -0.130.